The Hall–Kier alpha value is -0.670. The van der Waals surface area contributed by atoms with E-state index in [0.717, 1.165) is 11.6 Å². The molecule has 1 aromatic carbocycles. The zero-order chi connectivity index (χ0) is 12.1. The van der Waals surface area contributed by atoms with E-state index in [1.165, 1.54) is 48.6 Å². The lowest BCUT2D eigenvalue weighted by Gasteiger charge is -2.22. The van der Waals surface area contributed by atoms with Crippen molar-refractivity contribution in [1.29, 1.82) is 0 Å². The van der Waals surface area contributed by atoms with Crippen LogP contribution in [0.1, 0.15) is 24.8 Å². The van der Waals surface area contributed by atoms with Crippen LogP contribution in [0, 0.1) is 12.8 Å². The van der Waals surface area contributed by atoms with Crippen LogP contribution in [0.3, 0.4) is 0 Å². The van der Waals surface area contributed by atoms with Crippen LogP contribution in [0.5, 0.6) is 0 Å². The van der Waals surface area contributed by atoms with Crippen LogP contribution in [-0.4, -0.2) is 18.8 Å². The predicted octanol–water partition coefficient (Wildman–Crippen LogP) is 3.06. The van der Waals surface area contributed by atoms with Crippen LogP contribution >= 0.6 is 11.8 Å². The molecule has 0 aliphatic carbocycles. The molecule has 0 unspecified atom stereocenters. The molecule has 2 rings (SSSR count). The quantitative estimate of drug-likeness (QED) is 0.637. The van der Waals surface area contributed by atoms with Crippen molar-refractivity contribution in [2.24, 2.45) is 5.92 Å². The molecule has 1 heterocycles. The van der Waals surface area contributed by atoms with Crippen molar-refractivity contribution in [3.8, 4) is 0 Å². The summed E-state index contributed by atoms with van der Waals surface area (Å²) in [5.74, 6) is 2.10. The van der Waals surface area contributed by atoms with E-state index in [0.29, 0.717) is 0 Å². The molecule has 0 saturated carbocycles. The van der Waals surface area contributed by atoms with Crippen LogP contribution < -0.4 is 11.1 Å². The highest BCUT2D eigenvalue weighted by molar-refractivity contribution is 7.99. The summed E-state index contributed by atoms with van der Waals surface area (Å²) in [5.41, 5.74) is 8.18. The topological polar surface area (TPSA) is 38.0 Å². The third-order valence-electron chi connectivity index (χ3n) is 3.41. The van der Waals surface area contributed by atoms with Gasteiger partial charge in [-0.05, 0) is 68.6 Å². The van der Waals surface area contributed by atoms with Gasteiger partial charge in [0, 0.05) is 10.6 Å². The van der Waals surface area contributed by atoms with Crippen LogP contribution in [-0.2, 0) is 0 Å². The third kappa shape index (κ3) is 3.93. The Morgan fingerprint density at radius 2 is 2.12 bits per heavy atom. The van der Waals surface area contributed by atoms with E-state index < -0.39 is 0 Å². The highest BCUT2D eigenvalue weighted by Crippen LogP contribution is 2.28. The Labute approximate surface area is 108 Å². The van der Waals surface area contributed by atoms with Gasteiger partial charge in [0.2, 0.25) is 0 Å². The largest absolute Gasteiger partial charge is 0.398 e. The molecule has 1 saturated heterocycles. The highest BCUT2D eigenvalue weighted by Gasteiger charge is 2.12. The zero-order valence-corrected chi connectivity index (χ0v) is 11.4. The van der Waals surface area contributed by atoms with Crippen LogP contribution in [0.25, 0.3) is 0 Å². The van der Waals surface area contributed by atoms with E-state index in [2.05, 4.69) is 30.4 Å². The minimum atomic E-state index is 0.912. The first kappa shape index (κ1) is 12.8. The Morgan fingerprint density at radius 3 is 2.82 bits per heavy atom. The Balaban J connectivity index is 1.77. The van der Waals surface area contributed by atoms with E-state index in [1.807, 2.05) is 11.8 Å². The molecular formula is C14H22N2S. The first-order chi connectivity index (χ1) is 8.25. The molecule has 1 fully saturated rings. The molecule has 0 amide bonds. The summed E-state index contributed by atoms with van der Waals surface area (Å²) in [4.78, 5) is 1.24. The highest BCUT2D eigenvalue weighted by atomic mass is 32.2. The van der Waals surface area contributed by atoms with Crippen LogP contribution in [0.15, 0.2) is 23.1 Å². The minimum absolute atomic E-state index is 0.912. The normalized spacial score (nSPS) is 17.2. The lowest BCUT2D eigenvalue weighted by atomic mass is 9.96. The van der Waals surface area contributed by atoms with Crippen molar-refractivity contribution < 1.29 is 0 Å². The number of thioether (sulfide) groups is 1. The average Bonchev–Trinajstić information content (AvgIpc) is 2.33. The summed E-state index contributed by atoms with van der Waals surface area (Å²) in [7, 11) is 0. The van der Waals surface area contributed by atoms with Gasteiger partial charge < -0.3 is 11.1 Å². The molecule has 3 N–H and O–H groups in total. The fourth-order valence-corrected chi connectivity index (χ4v) is 3.37. The van der Waals surface area contributed by atoms with E-state index in [-0.39, 0.29) is 0 Å². The second-order valence-electron chi connectivity index (χ2n) is 4.87. The molecule has 0 spiro atoms. The first-order valence-electron chi connectivity index (χ1n) is 6.45. The number of hydrogen-bond acceptors (Lipinski definition) is 3. The summed E-state index contributed by atoms with van der Waals surface area (Å²) in [6, 6.07) is 6.36. The van der Waals surface area contributed by atoms with Crippen molar-refractivity contribution in [3.63, 3.8) is 0 Å². The number of nitrogens with two attached hydrogens (primary N) is 1. The zero-order valence-electron chi connectivity index (χ0n) is 10.5. The van der Waals surface area contributed by atoms with Crippen molar-refractivity contribution >= 4 is 17.4 Å². The first-order valence-corrected chi connectivity index (χ1v) is 7.44. The lowest BCUT2D eigenvalue weighted by Crippen LogP contribution is -2.27. The van der Waals surface area contributed by atoms with Gasteiger partial charge in [-0.3, -0.25) is 0 Å². The van der Waals surface area contributed by atoms with Gasteiger partial charge in [0.1, 0.15) is 0 Å². The van der Waals surface area contributed by atoms with Crippen molar-refractivity contribution in [2.75, 3.05) is 24.6 Å². The molecule has 2 nitrogen and oxygen atoms in total. The maximum Gasteiger partial charge on any atom is 0.0454 e. The van der Waals surface area contributed by atoms with Gasteiger partial charge in [-0.1, -0.05) is 6.07 Å². The van der Waals surface area contributed by atoms with Gasteiger partial charge in [0.15, 0.2) is 0 Å². The Kier molecular flexibility index (Phi) is 4.75. The van der Waals surface area contributed by atoms with Gasteiger partial charge in [0.05, 0.1) is 0 Å². The third-order valence-corrected chi connectivity index (χ3v) is 4.53. The Morgan fingerprint density at radius 1 is 1.35 bits per heavy atom. The fourth-order valence-electron chi connectivity index (χ4n) is 2.31. The summed E-state index contributed by atoms with van der Waals surface area (Å²) in [5, 5.41) is 3.41. The number of nitrogens with one attached hydrogen (secondary N) is 1. The van der Waals surface area contributed by atoms with Gasteiger partial charge in [-0.15, -0.1) is 11.8 Å². The van der Waals surface area contributed by atoms with E-state index in [9.17, 15) is 0 Å². The molecule has 0 aromatic heterocycles. The number of hydrogen-bond donors (Lipinski definition) is 2. The molecule has 1 aromatic rings. The molecule has 94 valence electrons. The van der Waals surface area contributed by atoms with E-state index >= 15 is 0 Å². The van der Waals surface area contributed by atoms with Crippen molar-refractivity contribution in [1.82, 2.24) is 5.32 Å². The van der Waals surface area contributed by atoms with Crippen molar-refractivity contribution in [3.05, 3.63) is 23.8 Å². The molecule has 0 atom stereocenters. The number of benzene rings is 1. The number of piperidine rings is 1. The molecule has 3 heteroatoms. The van der Waals surface area contributed by atoms with E-state index in [4.69, 9.17) is 5.73 Å². The number of aryl methyl sites for hydroxylation is 1. The smallest absolute Gasteiger partial charge is 0.0454 e. The molecule has 1 aliphatic rings. The fraction of sp³-hybridized carbons (Fsp3) is 0.571. The van der Waals surface area contributed by atoms with Crippen LogP contribution in [0.2, 0.25) is 0 Å². The Bertz CT molecular complexity index is 359. The lowest BCUT2D eigenvalue weighted by molar-refractivity contribution is 0.367. The maximum absolute atomic E-state index is 6.01. The van der Waals surface area contributed by atoms with Gasteiger partial charge >= 0.3 is 0 Å². The summed E-state index contributed by atoms with van der Waals surface area (Å²) in [6.07, 6.45) is 3.99. The molecule has 17 heavy (non-hydrogen) atoms. The van der Waals surface area contributed by atoms with Gasteiger partial charge in [0.25, 0.3) is 0 Å². The minimum Gasteiger partial charge on any atom is -0.398 e. The summed E-state index contributed by atoms with van der Waals surface area (Å²) in [6.45, 7) is 4.48. The second-order valence-corrected chi connectivity index (χ2v) is 6.01. The predicted molar refractivity (Wildman–Crippen MR) is 76.5 cm³/mol. The monoisotopic (exact) mass is 250 g/mol. The number of anilines is 1. The van der Waals surface area contributed by atoms with Gasteiger partial charge in [-0.2, -0.15) is 0 Å². The standard InChI is InChI=1S/C14H22N2S/c1-11-2-3-14(13(15)10-11)17-9-6-12-4-7-16-8-5-12/h2-3,10,12,16H,4-9,15H2,1H3. The molecule has 0 bridgehead atoms. The van der Waals surface area contributed by atoms with Gasteiger partial charge in [-0.25, -0.2) is 0 Å². The number of nitrogen functional groups attached to an aromatic ring is 1. The SMILES string of the molecule is Cc1ccc(SCCC2CCNCC2)c(N)c1. The second kappa shape index (κ2) is 6.31. The summed E-state index contributed by atoms with van der Waals surface area (Å²) >= 11 is 1.90. The van der Waals surface area contributed by atoms with E-state index in [1.54, 1.807) is 0 Å². The number of rotatable bonds is 4. The van der Waals surface area contributed by atoms with Crippen molar-refractivity contribution in [2.45, 2.75) is 31.1 Å². The molecule has 0 radical (unpaired) electrons. The maximum atomic E-state index is 6.01. The van der Waals surface area contributed by atoms with Crippen LogP contribution in [0.4, 0.5) is 5.69 Å². The average molecular weight is 250 g/mol. The summed E-state index contributed by atoms with van der Waals surface area (Å²) < 4.78 is 0. The molecular weight excluding hydrogens is 228 g/mol. The molecule has 1 aliphatic heterocycles.